The van der Waals surface area contributed by atoms with Crippen molar-refractivity contribution >= 4 is 18.0 Å². The smallest absolute Gasteiger partial charge is 0.331 e. The van der Waals surface area contributed by atoms with Crippen molar-refractivity contribution in [1.82, 2.24) is 0 Å². The van der Waals surface area contributed by atoms with Gasteiger partial charge in [-0.05, 0) is 5.56 Å². The molecule has 1 rings (SSSR count). The summed E-state index contributed by atoms with van der Waals surface area (Å²) in [5.41, 5.74) is -0.168. The van der Waals surface area contributed by atoms with Crippen LogP contribution in [0.25, 0.3) is 0 Å². The molecule has 0 saturated heterocycles. The first-order chi connectivity index (χ1) is 8.02. The highest BCUT2D eigenvalue weighted by atomic mass is 32.2. The Morgan fingerprint density at radius 2 is 2.06 bits per heavy atom. The van der Waals surface area contributed by atoms with Crippen molar-refractivity contribution in [3.05, 3.63) is 48.6 Å². The van der Waals surface area contributed by atoms with Crippen LogP contribution < -0.4 is 0 Å². The summed E-state index contributed by atoms with van der Waals surface area (Å²) >= 11 is 0.525. The van der Waals surface area contributed by atoms with Crippen LogP contribution in [0.2, 0.25) is 0 Å². The van der Waals surface area contributed by atoms with Gasteiger partial charge in [-0.25, -0.2) is 4.79 Å². The first kappa shape index (κ1) is 13.8. The van der Waals surface area contributed by atoms with Crippen molar-refractivity contribution in [3.63, 3.8) is 0 Å². The van der Waals surface area contributed by atoms with Crippen molar-refractivity contribution in [2.24, 2.45) is 0 Å². The van der Waals surface area contributed by atoms with Gasteiger partial charge in [0.05, 0.1) is 0 Å². The van der Waals surface area contributed by atoms with Crippen molar-refractivity contribution in [3.8, 4) is 0 Å². The molecule has 0 radical (unpaired) electrons. The van der Waals surface area contributed by atoms with Crippen LogP contribution >= 0.6 is 12.0 Å². The van der Waals surface area contributed by atoms with Gasteiger partial charge in [0.2, 0.25) is 0 Å². The Morgan fingerprint density at radius 3 is 2.53 bits per heavy atom. The molecule has 3 nitrogen and oxygen atoms in total. The Bertz CT molecular complexity index is 387. The van der Waals surface area contributed by atoms with E-state index in [-0.39, 0.29) is 0 Å². The second-order valence-corrected chi connectivity index (χ2v) is 4.81. The van der Waals surface area contributed by atoms with E-state index in [1.807, 2.05) is 44.2 Å². The summed E-state index contributed by atoms with van der Waals surface area (Å²) < 4.78 is 14.4. The lowest BCUT2D eigenvalue weighted by Crippen LogP contribution is -2.34. The molecular weight excluding hydrogens is 236 g/mol. The average Bonchev–Trinajstić information content (AvgIpc) is 2.36. The van der Waals surface area contributed by atoms with E-state index >= 15 is 0 Å². The quantitative estimate of drug-likeness (QED) is 0.378. The highest BCUT2D eigenvalue weighted by Crippen LogP contribution is 2.34. The molecule has 1 atom stereocenters. The largest absolute Gasteiger partial charge is 0.445 e. The van der Waals surface area contributed by atoms with E-state index in [0.29, 0.717) is 12.0 Å². The highest BCUT2D eigenvalue weighted by Gasteiger charge is 2.34. The predicted octanol–water partition coefficient (Wildman–Crippen LogP) is 3.23. The van der Waals surface area contributed by atoms with Crippen LogP contribution in [-0.4, -0.2) is 16.0 Å². The fraction of sp³-hybridized carbons (Fsp3) is 0.308. The normalized spacial score (nSPS) is 12.9. The summed E-state index contributed by atoms with van der Waals surface area (Å²) in [6.07, 6.45) is 1.09. The maximum absolute atomic E-state index is 11.2. The second kappa shape index (κ2) is 5.89. The van der Waals surface area contributed by atoms with E-state index < -0.39 is 16.8 Å². The Morgan fingerprint density at radius 1 is 1.47 bits per heavy atom. The first-order valence-electron chi connectivity index (χ1n) is 5.21. The molecule has 0 spiro atoms. The van der Waals surface area contributed by atoms with Crippen molar-refractivity contribution in [2.75, 3.05) is 0 Å². The van der Waals surface area contributed by atoms with E-state index in [1.165, 1.54) is 0 Å². The molecule has 1 unspecified atom stereocenters. The standard InChI is InChI=1S/C13H16O3S/c1-4-11(14)16-12(17-15)13(2,3)10-8-6-5-7-9-10/h4-9,12,15H,1H2,2-3H3. The van der Waals surface area contributed by atoms with Crippen LogP contribution in [0.3, 0.4) is 0 Å². The second-order valence-electron chi connectivity index (χ2n) is 4.17. The molecule has 0 aliphatic heterocycles. The van der Waals surface area contributed by atoms with Crippen molar-refractivity contribution in [2.45, 2.75) is 24.7 Å². The average molecular weight is 252 g/mol. The van der Waals surface area contributed by atoms with Gasteiger partial charge in [0.15, 0.2) is 5.44 Å². The number of rotatable bonds is 5. The monoisotopic (exact) mass is 252 g/mol. The highest BCUT2D eigenvalue weighted by molar-refractivity contribution is 7.94. The zero-order valence-electron chi connectivity index (χ0n) is 9.92. The molecule has 0 aromatic heterocycles. The molecule has 17 heavy (non-hydrogen) atoms. The van der Waals surface area contributed by atoms with Gasteiger partial charge >= 0.3 is 5.97 Å². The summed E-state index contributed by atoms with van der Waals surface area (Å²) in [4.78, 5) is 11.2. The third-order valence-electron chi connectivity index (χ3n) is 2.59. The van der Waals surface area contributed by atoms with Crippen LogP contribution in [0.15, 0.2) is 43.0 Å². The van der Waals surface area contributed by atoms with Crippen LogP contribution in [0, 0.1) is 0 Å². The van der Waals surface area contributed by atoms with E-state index in [9.17, 15) is 9.35 Å². The first-order valence-corrected chi connectivity index (χ1v) is 6.05. The zero-order chi connectivity index (χ0) is 12.9. The Kier molecular flexibility index (Phi) is 4.78. The Balaban J connectivity index is 2.93. The number of hydrogen-bond donors (Lipinski definition) is 1. The Hall–Kier alpha value is -1.26. The molecular formula is C13H16O3S. The van der Waals surface area contributed by atoms with Crippen molar-refractivity contribution in [1.29, 1.82) is 0 Å². The van der Waals surface area contributed by atoms with Crippen molar-refractivity contribution < 1.29 is 14.1 Å². The van der Waals surface area contributed by atoms with E-state index in [2.05, 4.69) is 6.58 Å². The number of benzene rings is 1. The molecule has 1 aromatic rings. The van der Waals surface area contributed by atoms with Gasteiger partial charge in [0.1, 0.15) is 0 Å². The molecule has 0 aliphatic carbocycles. The number of hydrogen-bond acceptors (Lipinski definition) is 4. The fourth-order valence-corrected chi connectivity index (χ4v) is 2.00. The number of ether oxygens (including phenoxy) is 1. The van der Waals surface area contributed by atoms with E-state index in [4.69, 9.17) is 4.74 Å². The molecule has 0 amide bonds. The zero-order valence-corrected chi connectivity index (χ0v) is 10.7. The summed E-state index contributed by atoms with van der Waals surface area (Å²) in [6.45, 7) is 7.16. The lowest BCUT2D eigenvalue weighted by atomic mass is 9.85. The van der Waals surface area contributed by atoms with Crippen LogP contribution in [0.5, 0.6) is 0 Å². The lowest BCUT2D eigenvalue weighted by Gasteiger charge is -2.31. The lowest BCUT2D eigenvalue weighted by molar-refractivity contribution is -0.141. The molecule has 0 heterocycles. The van der Waals surface area contributed by atoms with E-state index in [0.717, 1.165) is 11.6 Å². The maximum Gasteiger partial charge on any atom is 0.331 e. The minimum atomic E-state index is -0.671. The third kappa shape index (κ3) is 3.35. The topological polar surface area (TPSA) is 46.5 Å². The predicted molar refractivity (Wildman–Crippen MR) is 69.8 cm³/mol. The van der Waals surface area contributed by atoms with Gasteiger partial charge in [-0.3, -0.25) is 0 Å². The SMILES string of the molecule is C=CC(=O)OC(SO)C(C)(C)c1ccccc1. The molecule has 1 N–H and O–H groups in total. The van der Waals surface area contributed by atoms with Gasteiger partial charge in [-0.2, -0.15) is 0 Å². The van der Waals surface area contributed by atoms with Gasteiger partial charge < -0.3 is 9.29 Å². The molecule has 92 valence electrons. The van der Waals surface area contributed by atoms with Crippen LogP contribution in [0.4, 0.5) is 0 Å². The van der Waals surface area contributed by atoms with E-state index in [1.54, 1.807) is 0 Å². The number of carbonyl (C=O) groups excluding carboxylic acids is 1. The van der Waals surface area contributed by atoms with Gasteiger partial charge in [-0.1, -0.05) is 50.8 Å². The Labute approximate surface area is 106 Å². The minimum Gasteiger partial charge on any atom is -0.445 e. The van der Waals surface area contributed by atoms with Gasteiger partial charge in [-0.15, -0.1) is 0 Å². The molecule has 0 bridgehead atoms. The fourth-order valence-electron chi connectivity index (χ4n) is 1.46. The van der Waals surface area contributed by atoms with Crippen LogP contribution in [-0.2, 0) is 14.9 Å². The van der Waals surface area contributed by atoms with Gasteiger partial charge in [0.25, 0.3) is 0 Å². The molecule has 0 fully saturated rings. The number of esters is 1. The summed E-state index contributed by atoms with van der Waals surface area (Å²) in [7, 11) is 0. The summed E-state index contributed by atoms with van der Waals surface area (Å²) in [5, 5.41) is 0. The molecule has 1 aromatic carbocycles. The molecule has 0 aliphatic rings. The minimum absolute atomic E-state index is 0.487. The summed E-state index contributed by atoms with van der Waals surface area (Å²) in [5.74, 6) is -0.541. The summed E-state index contributed by atoms with van der Waals surface area (Å²) in [6, 6.07) is 9.60. The maximum atomic E-state index is 11.2. The third-order valence-corrected chi connectivity index (χ3v) is 3.47. The molecule has 0 saturated carbocycles. The van der Waals surface area contributed by atoms with Gasteiger partial charge in [0, 0.05) is 23.5 Å². The molecule has 4 heteroatoms. The van der Waals surface area contributed by atoms with Crippen LogP contribution in [0.1, 0.15) is 19.4 Å². The number of carbonyl (C=O) groups is 1.